The van der Waals surface area contributed by atoms with Crippen LogP contribution in [0.25, 0.3) is 10.2 Å². The van der Waals surface area contributed by atoms with Crippen LogP contribution >= 0.6 is 11.3 Å². The first-order chi connectivity index (χ1) is 9.74. The van der Waals surface area contributed by atoms with Crippen LogP contribution in [0.3, 0.4) is 0 Å². The second-order valence-corrected chi connectivity index (χ2v) is 6.52. The number of ether oxygens (including phenoxy) is 1. The van der Waals surface area contributed by atoms with E-state index in [1.807, 2.05) is 11.3 Å². The molecule has 0 spiro atoms. The molecule has 0 atom stereocenters. The van der Waals surface area contributed by atoms with Gasteiger partial charge in [-0.1, -0.05) is 12.1 Å². The highest BCUT2D eigenvalue weighted by Gasteiger charge is 2.16. The number of morpholine rings is 1. The van der Waals surface area contributed by atoms with Gasteiger partial charge >= 0.3 is 5.13 Å². The van der Waals surface area contributed by atoms with E-state index in [9.17, 15) is 0 Å². The quantitative estimate of drug-likeness (QED) is 0.869. The smallest absolute Gasteiger partial charge is 0.332 e. The number of quaternary nitrogens is 1. The van der Waals surface area contributed by atoms with Crippen LogP contribution in [0.1, 0.15) is 11.1 Å². The summed E-state index contributed by atoms with van der Waals surface area (Å²) in [5, 5.41) is 4.71. The van der Waals surface area contributed by atoms with Crippen molar-refractivity contribution in [3.05, 3.63) is 23.3 Å². The number of aromatic nitrogens is 1. The van der Waals surface area contributed by atoms with Crippen molar-refractivity contribution in [2.24, 2.45) is 0 Å². The third kappa shape index (κ3) is 2.95. The summed E-state index contributed by atoms with van der Waals surface area (Å²) < 4.78 is 6.75. The zero-order valence-corrected chi connectivity index (χ0v) is 13.0. The van der Waals surface area contributed by atoms with Crippen LogP contribution in [0.5, 0.6) is 0 Å². The first-order valence-electron chi connectivity index (χ1n) is 7.31. The molecular formula is C15H23N3OS+2. The van der Waals surface area contributed by atoms with Crippen molar-refractivity contribution < 1.29 is 14.6 Å². The van der Waals surface area contributed by atoms with Gasteiger partial charge in [0.15, 0.2) is 0 Å². The third-order valence-corrected chi connectivity index (χ3v) is 5.15. The van der Waals surface area contributed by atoms with Crippen LogP contribution in [0.2, 0.25) is 0 Å². The Morgan fingerprint density at radius 2 is 2.00 bits per heavy atom. The topological polar surface area (TPSA) is 39.8 Å². The third-order valence-electron chi connectivity index (χ3n) is 3.97. The summed E-state index contributed by atoms with van der Waals surface area (Å²) in [5.41, 5.74) is 3.93. The highest BCUT2D eigenvalue weighted by molar-refractivity contribution is 7.21. The lowest BCUT2D eigenvalue weighted by Crippen LogP contribution is -3.14. The predicted molar refractivity (Wildman–Crippen MR) is 82.7 cm³/mol. The number of rotatable bonds is 4. The lowest BCUT2D eigenvalue weighted by atomic mass is 10.1. The van der Waals surface area contributed by atoms with Gasteiger partial charge in [0.25, 0.3) is 0 Å². The van der Waals surface area contributed by atoms with Crippen molar-refractivity contribution in [2.45, 2.75) is 13.8 Å². The Morgan fingerprint density at radius 3 is 2.75 bits per heavy atom. The Morgan fingerprint density at radius 1 is 1.25 bits per heavy atom. The summed E-state index contributed by atoms with van der Waals surface area (Å²) in [7, 11) is 0. The van der Waals surface area contributed by atoms with Gasteiger partial charge in [-0.3, -0.25) is 5.32 Å². The molecule has 2 heterocycles. The molecule has 0 radical (unpaired) electrons. The number of fused-ring (bicyclic) bond motifs is 1. The fraction of sp³-hybridized carbons (Fsp3) is 0.533. The molecule has 1 aromatic heterocycles. The second kappa shape index (κ2) is 6.08. The van der Waals surface area contributed by atoms with E-state index in [0.717, 1.165) is 39.4 Å². The van der Waals surface area contributed by atoms with Gasteiger partial charge in [0.2, 0.25) is 0 Å². The molecule has 4 nitrogen and oxygen atoms in total. The van der Waals surface area contributed by atoms with Crippen molar-refractivity contribution in [2.75, 3.05) is 44.7 Å². The number of anilines is 1. The van der Waals surface area contributed by atoms with E-state index >= 15 is 0 Å². The van der Waals surface area contributed by atoms with Crippen molar-refractivity contribution in [3.63, 3.8) is 0 Å². The van der Waals surface area contributed by atoms with Crippen LogP contribution in [-0.4, -0.2) is 39.4 Å². The van der Waals surface area contributed by atoms with Crippen LogP contribution in [0, 0.1) is 13.8 Å². The van der Waals surface area contributed by atoms with E-state index in [-0.39, 0.29) is 0 Å². The average molecular weight is 293 g/mol. The van der Waals surface area contributed by atoms with E-state index in [1.165, 1.54) is 26.5 Å². The molecule has 108 valence electrons. The van der Waals surface area contributed by atoms with Crippen LogP contribution < -0.4 is 15.2 Å². The molecule has 0 amide bonds. The first-order valence-corrected chi connectivity index (χ1v) is 8.13. The fourth-order valence-electron chi connectivity index (χ4n) is 2.66. The van der Waals surface area contributed by atoms with Gasteiger partial charge in [-0.15, -0.1) is 0 Å². The molecule has 1 aliphatic rings. The predicted octanol–water partition coefficient (Wildman–Crippen LogP) is 0.659. The summed E-state index contributed by atoms with van der Waals surface area (Å²) in [6, 6.07) is 4.38. The molecule has 3 N–H and O–H groups in total. The number of hydrogen-bond acceptors (Lipinski definition) is 3. The molecule has 0 saturated carbocycles. The van der Waals surface area contributed by atoms with Gasteiger partial charge in [-0.25, -0.2) is 4.98 Å². The summed E-state index contributed by atoms with van der Waals surface area (Å²) in [4.78, 5) is 5.15. The Bertz CT molecular complexity index is 551. The van der Waals surface area contributed by atoms with E-state index < -0.39 is 0 Å². The molecule has 1 saturated heterocycles. The van der Waals surface area contributed by atoms with Gasteiger partial charge in [0.1, 0.15) is 31.7 Å². The molecule has 1 fully saturated rings. The monoisotopic (exact) mass is 293 g/mol. The minimum Gasteiger partial charge on any atom is -0.370 e. The van der Waals surface area contributed by atoms with E-state index in [4.69, 9.17) is 4.74 Å². The SMILES string of the molecule is Cc1ccc(C)c2sc(NCC[NH+]3CCOCC3)[nH+]c12. The standard InChI is InChI=1S/C15H21N3OS/c1-11-3-4-12(2)14-13(11)17-15(20-14)16-5-6-18-7-9-19-10-8-18/h3-4H,5-10H2,1-2H3,(H,16,17)/p+2. The number of H-pyrrole nitrogens is 1. The van der Waals surface area contributed by atoms with Gasteiger partial charge in [-0.05, 0) is 36.3 Å². The summed E-state index contributed by atoms with van der Waals surface area (Å²) in [6.45, 7) is 10.6. The fourth-order valence-corrected chi connectivity index (χ4v) is 3.73. The van der Waals surface area contributed by atoms with Crippen molar-refractivity contribution in [1.82, 2.24) is 0 Å². The molecule has 1 aliphatic heterocycles. The maximum atomic E-state index is 5.39. The van der Waals surface area contributed by atoms with E-state index in [1.54, 1.807) is 4.90 Å². The largest absolute Gasteiger partial charge is 0.370 e. The molecule has 20 heavy (non-hydrogen) atoms. The lowest BCUT2D eigenvalue weighted by molar-refractivity contribution is -0.906. The normalized spacial score (nSPS) is 16.7. The molecule has 0 aliphatic carbocycles. The number of hydrogen-bond donors (Lipinski definition) is 2. The molecule has 5 heteroatoms. The molecule has 1 aromatic carbocycles. The van der Waals surface area contributed by atoms with E-state index in [0.29, 0.717) is 0 Å². The molecule has 0 bridgehead atoms. The Hall–Kier alpha value is -1.17. The lowest BCUT2D eigenvalue weighted by Gasteiger charge is -2.22. The number of aryl methyl sites for hydroxylation is 2. The van der Waals surface area contributed by atoms with Crippen LogP contribution in [0.4, 0.5) is 5.13 Å². The second-order valence-electron chi connectivity index (χ2n) is 5.50. The first kappa shape index (κ1) is 13.8. The molecular weight excluding hydrogens is 270 g/mol. The van der Waals surface area contributed by atoms with Crippen molar-refractivity contribution in [3.8, 4) is 0 Å². The highest BCUT2D eigenvalue weighted by Crippen LogP contribution is 2.27. The van der Waals surface area contributed by atoms with Gasteiger partial charge in [0.05, 0.1) is 17.9 Å². The van der Waals surface area contributed by atoms with Crippen molar-refractivity contribution >= 4 is 26.7 Å². The number of aromatic amines is 1. The maximum absolute atomic E-state index is 5.39. The average Bonchev–Trinajstić information content (AvgIpc) is 2.90. The Balaban J connectivity index is 1.63. The van der Waals surface area contributed by atoms with E-state index in [2.05, 4.69) is 36.3 Å². The van der Waals surface area contributed by atoms with Gasteiger partial charge in [0, 0.05) is 0 Å². The minimum absolute atomic E-state index is 0.905. The highest BCUT2D eigenvalue weighted by atomic mass is 32.1. The van der Waals surface area contributed by atoms with Crippen molar-refractivity contribution in [1.29, 1.82) is 0 Å². The number of thiazole rings is 1. The minimum atomic E-state index is 0.905. The number of nitrogens with one attached hydrogen (secondary N) is 3. The zero-order chi connectivity index (χ0) is 13.9. The molecule has 0 unspecified atom stereocenters. The zero-order valence-electron chi connectivity index (χ0n) is 12.2. The Kier molecular flexibility index (Phi) is 4.19. The summed E-state index contributed by atoms with van der Waals surface area (Å²) in [5.74, 6) is 0. The van der Waals surface area contributed by atoms with Gasteiger partial charge < -0.3 is 9.64 Å². The summed E-state index contributed by atoms with van der Waals surface area (Å²) in [6.07, 6.45) is 0. The molecule has 2 aromatic rings. The van der Waals surface area contributed by atoms with Crippen LogP contribution in [-0.2, 0) is 4.74 Å². The maximum Gasteiger partial charge on any atom is 0.332 e. The molecule has 3 rings (SSSR count). The summed E-state index contributed by atoms with van der Waals surface area (Å²) >= 11 is 1.82. The number of benzene rings is 1. The Labute approximate surface area is 123 Å². The van der Waals surface area contributed by atoms with Crippen LogP contribution in [0.15, 0.2) is 12.1 Å². The van der Waals surface area contributed by atoms with Gasteiger partial charge in [-0.2, -0.15) is 0 Å².